The average Bonchev–Trinajstić information content (AvgIpc) is 2.34. The minimum absolute atomic E-state index is 0.0639. The molecule has 19 heavy (non-hydrogen) atoms. The SMILES string of the molecule is CNC(C)(CCC(C)(C)N(C)CCN(C)C)COC. The molecule has 0 saturated heterocycles. The Labute approximate surface area is 120 Å². The van der Waals surface area contributed by atoms with E-state index in [2.05, 4.69) is 57.0 Å². The van der Waals surface area contributed by atoms with Crippen LogP contribution in [-0.2, 0) is 4.74 Å². The highest BCUT2D eigenvalue weighted by atomic mass is 16.5. The fraction of sp³-hybridized carbons (Fsp3) is 1.00. The van der Waals surface area contributed by atoms with Gasteiger partial charge in [-0.2, -0.15) is 0 Å². The van der Waals surface area contributed by atoms with E-state index in [4.69, 9.17) is 4.74 Å². The maximum Gasteiger partial charge on any atom is 0.0641 e. The summed E-state index contributed by atoms with van der Waals surface area (Å²) < 4.78 is 5.32. The summed E-state index contributed by atoms with van der Waals surface area (Å²) in [6.45, 7) is 9.83. The molecule has 1 unspecified atom stereocenters. The second kappa shape index (κ2) is 8.20. The molecule has 0 radical (unpaired) electrons. The van der Waals surface area contributed by atoms with E-state index in [1.165, 1.54) is 0 Å². The average molecular weight is 273 g/mol. The third-order valence-corrected chi connectivity index (χ3v) is 4.27. The number of hydrogen-bond acceptors (Lipinski definition) is 4. The Kier molecular flexibility index (Phi) is 8.13. The molecule has 0 bridgehead atoms. The smallest absolute Gasteiger partial charge is 0.0641 e. The molecule has 0 fully saturated rings. The quantitative estimate of drug-likeness (QED) is 0.655. The van der Waals surface area contributed by atoms with E-state index >= 15 is 0 Å². The maximum absolute atomic E-state index is 5.32. The number of methoxy groups -OCH3 is 1. The number of nitrogens with zero attached hydrogens (tertiary/aromatic N) is 2. The Morgan fingerprint density at radius 3 is 2.00 bits per heavy atom. The molecule has 0 heterocycles. The van der Waals surface area contributed by atoms with Crippen LogP contribution in [0.1, 0.15) is 33.6 Å². The molecule has 0 aliphatic rings. The predicted molar refractivity (Wildman–Crippen MR) is 83.8 cm³/mol. The molecule has 0 rings (SSSR count). The molecule has 0 amide bonds. The maximum atomic E-state index is 5.32. The summed E-state index contributed by atoms with van der Waals surface area (Å²) in [4.78, 5) is 4.69. The first-order valence-corrected chi connectivity index (χ1v) is 7.21. The van der Waals surface area contributed by atoms with Gasteiger partial charge in [0.1, 0.15) is 0 Å². The summed E-state index contributed by atoms with van der Waals surface area (Å²) in [5.74, 6) is 0. The van der Waals surface area contributed by atoms with Crippen LogP contribution in [0.4, 0.5) is 0 Å². The van der Waals surface area contributed by atoms with Crippen molar-refractivity contribution in [2.24, 2.45) is 0 Å². The Hall–Kier alpha value is -0.160. The van der Waals surface area contributed by atoms with Crippen LogP contribution in [0.25, 0.3) is 0 Å². The van der Waals surface area contributed by atoms with Crippen molar-refractivity contribution >= 4 is 0 Å². The molecule has 0 saturated carbocycles. The van der Waals surface area contributed by atoms with Crippen LogP contribution in [-0.4, -0.2) is 75.9 Å². The molecule has 0 aliphatic heterocycles. The number of rotatable bonds is 10. The number of nitrogens with one attached hydrogen (secondary N) is 1. The first-order chi connectivity index (χ1) is 8.67. The number of hydrogen-bond donors (Lipinski definition) is 1. The van der Waals surface area contributed by atoms with E-state index in [0.717, 1.165) is 32.5 Å². The fourth-order valence-corrected chi connectivity index (χ4v) is 2.01. The van der Waals surface area contributed by atoms with Crippen molar-refractivity contribution in [2.45, 2.75) is 44.7 Å². The van der Waals surface area contributed by atoms with Crippen molar-refractivity contribution in [3.05, 3.63) is 0 Å². The fourth-order valence-electron chi connectivity index (χ4n) is 2.01. The third kappa shape index (κ3) is 7.25. The third-order valence-electron chi connectivity index (χ3n) is 4.27. The predicted octanol–water partition coefficient (Wildman–Crippen LogP) is 1.66. The van der Waals surface area contributed by atoms with Gasteiger partial charge in [0.05, 0.1) is 6.61 Å². The monoisotopic (exact) mass is 273 g/mol. The van der Waals surface area contributed by atoms with Gasteiger partial charge in [0, 0.05) is 31.3 Å². The number of likely N-dealkylation sites (N-methyl/N-ethyl adjacent to an activating group) is 3. The zero-order valence-electron chi connectivity index (χ0n) is 14.3. The molecule has 4 nitrogen and oxygen atoms in total. The van der Waals surface area contributed by atoms with Gasteiger partial charge in [-0.15, -0.1) is 0 Å². The molecule has 0 aromatic rings. The van der Waals surface area contributed by atoms with E-state index in [1.807, 2.05) is 7.05 Å². The molecule has 0 aromatic heterocycles. The van der Waals surface area contributed by atoms with E-state index < -0.39 is 0 Å². The van der Waals surface area contributed by atoms with Gasteiger partial charge >= 0.3 is 0 Å². The van der Waals surface area contributed by atoms with Gasteiger partial charge in [-0.3, -0.25) is 4.90 Å². The van der Waals surface area contributed by atoms with Gasteiger partial charge in [-0.25, -0.2) is 0 Å². The van der Waals surface area contributed by atoms with E-state index in [9.17, 15) is 0 Å². The summed E-state index contributed by atoms with van der Waals surface area (Å²) in [6.07, 6.45) is 2.26. The summed E-state index contributed by atoms with van der Waals surface area (Å²) in [6, 6.07) is 0. The van der Waals surface area contributed by atoms with E-state index in [-0.39, 0.29) is 11.1 Å². The lowest BCUT2D eigenvalue weighted by Gasteiger charge is -2.39. The van der Waals surface area contributed by atoms with Crippen LogP contribution in [0.3, 0.4) is 0 Å². The molecule has 1 N–H and O–H groups in total. The summed E-state index contributed by atoms with van der Waals surface area (Å²) in [5.41, 5.74) is 0.274. The van der Waals surface area contributed by atoms with Crippen LogP contribution in [0.2, 0.25) is 0 Å². The van der Waals surface area contributed by atoms with Crippen molar-refractivity contribution in [1.29, 1.82) is 0 Å². The molecule has 4 heteroatoms. The van der Waals surface area contributed by atoms with Crippen molar-refractivity contribution in [1.82, 2.24) is 15.1 Å². The Morgan fingerprint density at radius 2 is 1.58 bits per heavy atom. The Bertz CT molecular complexity index is 244. The minimum Gasteiger partial charge on any atom is -0.383 e. The summed E-state index contributed by atoms with van der Waals surface area (Å²) in [7, 11) is 10.2. The lowest BCUT2D eigenvalue weighted by Crippen LogP contribution is -2.49. The van der Waals surface area contributed by atoms with E-state index in [0.29, 0.717) is 0 Å². The van der Waals surface area contributed by atoms with Crippen molar-refractivity contribution in [3.63, 3.8) is 0 Å². The van der Waals surface area contributed by atoms with Gasteiger partial charge < -0.3 is 15.0 Å². The van der Waals surface area contributed by atoms with Crippen molar-refractivity contribution in [3.8, 4) is 0 Å². The highest BCUT2D eigenvalue weighted by Gasteiger charge is 2.29. The largest absolute Gasteiger partial charge is 0.383 e. The zero-order valence-corrected chi connectivity index (χ0v) is 14.3. The second-order valence-corrected chi connectivity index (χ2v) is 6.78. The first kappa shape index (κ1) is 18.8. The normalized spacial score (nSPS) is 16.1. The van der Waals surface area contributed by atoms with Gasteiger partial charge in [0.2, 0.25) is 0 Å². The van der Waals surface area contributed by atoms with Crippen LogP contribution >= 0.6 is 0 Å². The standard InChI is InChI=1S/C15H35N3O/c1-14(2,18(7)12-11-17(5)6)9-10-15(3,16-4)13-19-8/h16H,9-13H2,1-8H3. The second-order valence-electron chi connectivity index (χ2n) is 6.78. The van der Waals surface area contributed by atoms with Crippen LogP contribution in [0.5, 0.6) is 0 Å². The number of ether oxygens (including phenoxy) is 1. The Morgan fingerprint density at radius 1 is 1.00 bits per heavy atom. The van der Waals surface area contributed by atoms with Gasteiger partial charge in [0.25, 0.3) is 0 Å². The summed E-state index contributed by atoms with van der Waals surface area (Å²) >= 11 is 0. The topological polar surface area (TPSA) is 27.7 Å². The van der Waals surface area contributed by atoms with Crippen LogP contribution in [0, 0.1) is 0 Å². The van der Waals surface area contributed by atoms with Crippen LogP contribution in [0.15, 0.2) is 0 Å². The van der Waals surface area contributed by atoms with Crippen molar-refractivity contribution in [2.75, 3.05) is 55.0 Å². The molecule has 0 aromatic carbocycles. The lowest BCUT2D eigenvalue weighted by atomic mass is 9.87. The Balaban J connectivity index is 4.34. The van der Waals surface area contributed by atoms with E-state index in [1.54, 1.807) is 7.11 Å². The molecule has 0 spiro atoms. The molecule has 1 atom stereocenters. The zero-order chi connectivity index (χ0) is 15.1. The van der Waals surface area contributed by atoms with Crippen LogP contribution < -0.4 is 5.32 Å². The van der Waals surface area contributed by atoms with Gasteiger partial charge in [-0.1, -0.05) is 0 Å². The van der Waals surface area contributed by atoms with Gasteiger partial charge in [0.15, 0.2) is 0 Å². The summed E-state index contributed by atoms with van der Waals surface area (Å²) in [5, 5.41) is 3.39. The van der Waals surface area contributed by atoms with Crippen molar-refractivity contribution < 1.29 is 4.74 Å². The van der Waals surface area contributed by atoms with Gasteiger partial charge in [-0.05, 0) is 61.8 Å². The molecule has 0 aliphatic carbocycles. The highest BCUT2D eigenvalue weighted by molar-refractivity contribution is 4.88. The highest BCUT2D eigenvalue weighted by Crippen LogP contribution is 2.24. The lowest BCUT2D eigenvalue weighted by molar-refractivity contribution is 0.0867. The first-order valence-electron chi connectivity index (χ1n) is 7.21. The minimum atomic E-state index is 0.0639. The molecular weight excluding hydrogens is 238 g/mol. The molecular formula is C15H35N3O. The molecule has 116 valence electrons.